The molecule has 1 saturated carbocycles. The fraction of sp³-hybridized carbons (Fsp3) is 0.800. The summed E-state index contributed by atoms with van der Waals surface area (Å²) in [6.07, 6.45) is 3.07. The zero-order valence-electron chi connectivity index (χ0n) is 18.1. The minimum atomic E-state index is -3.15. The van der Waals surface area contributed by atoms with Gasteiger partial charge in [-0.25, -0.2) is 13.2 Å². The van der Waals surface area contributed by atoms with Gasteiger partial charge in [-0.3, -0.25) is 19.3 Å². The van der Waals surface area contributed by atoms with Crippen molar-refractivity contribution < 1.29 is 32.3 Å². The third-order valence-electron chi connectivity index (χ3n) is 6.42. The van der Waals surface area contributed by atoms with Crippen molar-refractivity contribution in [2.24, 2.45) is 0 Å². The summed E-state index contributed by atoms with van der Waals surface area (Å²) in [6.45, 7) is 3.39. The average Bonchev–Trinajstić information content (AvgIpc) is 3.18. The van der Waals surface area contributed by atoms with E-state index in [1.807, 2.05) is 0 Å². The molecule has 2 unspecified atom stereocenters. The van der Waals surface area contributed by atoms with Crippen LogP contribution in [0.15, 0.2) is 0 Å². The monoisotopic (exact) mass is 457 g/mol. The first kappa shape index (κ1) is 23.5. The first-order valence-electron chi connectivity index (χ1n) is 10.9. The van der Waals surface area contributed by atoms with E-state index in [1.165, 1.54) is 11.8 Å². The van der Waals surface area contributed by atoms with Crippen molar-refractivity contribution in [3.63, 3.8) is 0 Å². The van der Waals surface area contributed by atoms with Crippen LogP contribution < -0.4 is 5.32 Å². The van der Waals surface area contributed by atoms with Crippen molar-refractivity contribution in [3.05, 3.63) is 0 Å². The van der Waals surface area contributed by atoms with Crippen molar-refractivity contribution in [2.45, 2.75) is 76.5 Å². The SMILES string of the molecule is CCN(C(=O)C(C)OC(=O)CCN1C(=O)NC2(CCCCC2)C1=O)C1CCS(=O)(=O)C1. The molecule has 3 fully saturated rings. The van der Waals surface area contributed by atoms with Crippen molar-refractivity contribution in [1.82, 2.24) is 15.1 Å². The van der Waals surface area contributed by atoms with Crippen LogP contribution in [0.5, 0.6) is 0 Å². The molecular weight excluding hydrogens is 426 g/mol. The molecule has 31 heavy (non-hydrogen) atoms. The molecule has 174 valence electrons. The smallest absolute Gasteiger partial charge is 0.325 e. The second kappa shape index (κ2) is 9.13. The number of imide groups is 1. The number of hydrogen-bond acceptors (Lipinski definition) is 7. The number of hydrogen-bond donors (Lipinski definition) is 1. The maximum absolute atomic E-state index is 12.7. The number of esters is 1. The van der Waals surface area contributed by atoms with Gasteiger partial charge in [-0.15, -0.1) is 0 Å². The number of carbonyl (C=O) groups is 4. The molecule has 3 aliphatic rings. The van der Waals surface area contributed by atoms with Gasteiger partial charge in [0, 0.05) is 19.1 Å². The Bertz CT molecular complexity index is 851. The Hall–Kier alpha value is -2.17. The van der Waals surface area contributed by atoms with E-state index < -0.39 is 45.4 Å². The summed E-state index contributed by atoms with van der Waals surface area (Å²) in [4.78, 5) is 52.5. The molecule has 0 bridgehead atoms. The number of rotatable bonds is 7. The molecule has 1 aliphatic carbocycles. The van der Waals surface area contributed by atoms with Crippen LogP contribution >= 0.6 is 0 Å². The number of sulfone groups is 1. The van der Waals surface area contributed by atoms with Crippen LogP contribution in [0.2, 0.25) is 0 Å². The third-order valence-corrected chi connectivity index (χ3v) is 8.17. The van der Waals surface area contributed by atoms with Gasteiger partial charge in [-0.2, -0.15) is 0 Å². The van der Waals surface area contributed by atoms with Crippen LogP contribution in [0.4, 0.5) is 4.79 Å². The standard InChI is InChI=1S/C20H31N3O7S/c1-3-22(15-8-12-31(28,29)13-15)17(25)14(2)30-16(24)7-11-23-18(26)20(21-19(23)27)9-5-4-6-10-20/h14-15H,3-13H2,1-2H3,(H,21,27). The molecule has 2 saturated heterocycles. The topological polar surface area (TPSA) is 130 Å². The van der Waals surface area contributed by atoms with Gasteiger partial charge >= 0.3 is 12.0 Å². The molecule has 0 radical (unpaired) electrons. The van der Waals surface area contributed by atoms with Crippen molar-refractivity contribution in [1.29, 1.82) is 0 Å². The number of urea groups is 1. The van der Waals surface area contributed by atoms with Gasteiger partial charge in [0.2, 0.25) is 0 Å². The van der Waals surface area contributed by atoms with Crippen molar-refractivity contribution >= 4 is 33.7 Å². The van der Waals surface area contributed by atoms with E-state index in [0.717, 1.165) is 24.2 Å². The van der Waals surface area contributed by atoms with Crippen LogP contribution in [0.25, 0.3) is 0 Å². The van der Waals surface area contributed by atoms with E-state index in [9.17, 15) is 27.6 Å². The van der Waals surface area contributed by atoms with Gasteiger partial charge in [0.25, 0.3) is 11.8 Å². The van der Waals surface area contributed by atoms with Gasteiger partial charge in [0.05, 0.1) is 17.9 Å². The van der Waals surface area contributed by atoms with Gasteiger partial charge in [-0.1, -0.05) is 19.3 Å². The second-order valence-electron chi connectivity index (χ2n) is 8.59. The fourth-order valence-corrected chi connectivity index (χ4v) is 6.46. The Kier molecular flexibility index (Phi) is 6.92. The highest BCUT2D eigenvalue weighted by Crippen LogP contribution is 2.33. The van der Waals surface area contributed by atoms with Gasteiger partial charge < -0.3 is 15.0 Å². The highest BCUT2D eigenvalue weighted by molar-refractivity contribution is 7.91. The predicted octanol–water partition coefficient (Wildman–Crippen LogP) is 0.599. The minimum Gasteiger partial charge on any atom is -0.452 e. The quantitative estimate of drug-likeness (QED) is 0.437. The molecule has 3 rings (SSSR count). The first-order chi connectivity index (χ1) is 14.6. The molecule has 2 atom stereocenters. The van der Waals surface area contributed by atoms with Gasteiger partial charge in [0.15, 0.2) is 15.9 Å². The molecule has 0 aromatic carbocycles. The number of ether oxygens (including phenoxy) is 1. The number of likely N-dealkylation sites (N-methyl/N-ethyl adjacent to an activating group) is 1. The first-order valence-corrected chi connectivity index (χ1v) is 12.8. The lowest BCUT2D eigenvalue weighted by Crippen LogP contribution is -2.48. The van der Waals surface area contributed by atoms with Crippen molar-refractivity contribution in [3.8, 4) is 0 Å². The van der Waals surface area contributed by atoms with Crippen LogP contribution in [0.3, 0.4) is 0 Å². The fourth-order valence-electron chi connectivity index (χ4n) is 4.73. The summed E-state index contributed by atoms with van der Waals surface area (Å²) in [5.74, 6) is -1.48. The molecule has 2 heterocycles. The average molecular weight is 458 g/mol. The van der Waals surface area contributed by atoms with Gasteiger partial charge in [0.1, 0.15) is 5.54 Å². The molecule has 11 heteroatoms. The molecule has 0 aromatic heterocycles. The van der Waals surface area contributed by atoms with E-state index >= 15 is 0 Å². The van der Waals surface area contributed by atoms with Crippen LogP contribution in [-0.2, 0) is 29.0 Å². The molecule has 4 amide bonds. The lowest BCUT2D eigenvalue weighted by Gasteiger charge is -2.30. The largest absolute Gasteiger partial charge is 0.452 e. The number of amides is 4. The lowest BCUT2D eigenvalue weighted by atomic mass is 9.82. The van der Waals surface area contributed by atoms with Crippen LogP contribution in [-0.4, -0.2) is 84.3 Å². The van der Waals surface area contributed by atoms with E-state index in [1.54, 1.807) is 6.92 Å². The zero-order chi connectivity index (χ0) is 22.8. The van der Waals surface area contributed by atoms with E-state index in [2.05, 4.69) is 5.32 Å². The summed E-state index contributed by atoms with van der Waals surface area (Å²) < 4.78 is 28.7. The van der Waals surface area contributed by atoms with E-state index in [0.29, 0.717) is 25.8 Å². The van der Waals surface area contributed by atoms with Crippen molar-refractivity contribution in [2.75, 3.05) is 24.6 Å². The van der Waals surface area contributed by atoms with E-state index in [4.69, 9.17) is 4.74 Å². The molecule has 10 nitrogen and oxygen atoms in total. The van der Waals surface area contributed by atoms with Crippen LogP contribution in [0, 0.1) is 0 Å². The summed E-state index contributed by atoms with van der Waals surface area (Å²) in [6, 6.07) is -0.912. The molecule has 0 aromatic rings. The lowest BCUT2D eigenvalue weighted by molar-refractivity contribution is -0.160. The Labute approximate surface area is 182 Å². The Morgan fingerprint density at radius 2 is 1.94 bits per heavy atom. The predicted molar refractivity (Wildman–Crippen MR) is 111 cm³/mol. The zero-order valence-corrected chi connectivity index (χ0v) is 18.9. The molecule has 1 spiro atoms. The summed E-state index contributed by atoms with van der Waals surface area (Å²) in [5.41, 5.74) is -0.842. The normalized spacial score (nSPS) is 25.4. The molecule has 1 N–H and O–H groups in total. The Morgan fingerprint density at radius 1 is 1.26 bits per heavy atom. The third kappa shape index (κ3) is 5.02. The maximum Gasteiger partial charge on any atom is 0.325 e. The Morgan fingerprint density at radius 3 is 2.52 bits per heavy atom. The minimum absolute atomic E-state index is 0.0447. The highest BCUT2D eigenvalue weighted by Gasteiger charge is 2.51. The summed E-state index contributed by atoms with van der Waals surface area (Å²) >= 11 is 0. The molecular formula is C20H31N3O7S. The number of carbonyl (C=O) groups excluding carboxylic acids is 4. The molecule has 2 aliphatic heterocycles. The van der Waals surface area contributed by atoms with Gasteiger partial charge in [-0.05, 0) is 33.1 Å². The Balaban J connectivity index is 1.51. The van der Waals surface area contributed by atoms with E-state index in [-0.39, 0.29) is 30.4 Å². The summed E-state index contributed by atoms with van der Waals surface area (Å²) in [7, 11) is -3.15. The number of nitrogens with one attached hydrogen (secondary N) is 1. The number of nitrogens with zero attached hydrogens (tertiary/aromatic N) is 2. The summed E-state index contributed by atoms with van der Waals surface area (Å²) in [5, 5.41) is 2.79. The van der Waals surface area contributed by atoms with Crippen LogP contribution in [0.1, 0.15) is 58.8 Å². The highest BCUT2D eigenvalue weighted by atomic mass is 32.2. The maximum atomic E-state index is 12.7. The second-order valence-corrected chi connectivity index (χ2v) is 10.8.